The molecule has 4 aromatic rings. The number of aromatic nitrogens is 4. The molecule has 166 valence electrons. The van der Waals surface area contributed by atoms with Gasteiger partial charge in [-0.25, -0.2) is 4.98 Å². The summed E-state index contributed by atoms with van der Waals surface area (Å²) in [7, 11) is 0. The van der Waals surface area contributed by atoms with Crippen molar-refractivity contribution in [2.24, 2.45) is 0 Å². The molecule has 0 aliphatic heterocycles. The van der Waals surface area contributed by atoms with Gasteiger partial charge >= 0.3 is 5.97 Å². The Bertz CT molecular complexity index is 1260. The lowest BCUT2D eigenvalue weighted by molar-refractivity contribution is -0.137. The molecular weight excluding hydrogens is 432 g/mol. The van der Waals surface area contributed by atoms with Gasteiger partial charge in [0.2, 0.25) is 11.7 Å². The van der Waals surface area contributed by atoms with Gasteiger partial charge in [-0.1, -0.05) is 35.8 Å². The first kappa shape index (κ1) is 21.8. The first-order chi connectivity index (χ1) is 15.4. The molecule has 0 spiro atoms. The monoisotopic (exact) mass is 454 g/mol. The normalized spacial score (nSPS) is 12.4. The summed E-state index contributed by atoms with van der Waals surface area (Å²) in [4.78, 5) is 23.3. The molecule has 1 atom stereocenters. The van der Waals surface area contributed by atoms with Crippen molar-refractivity contribution in [1.29, 1.82) is 0 Å². The van der Waals surface area contributed by atoms with Gasteiger partial charge in [-0.05, 0) is 43.9 Å². The Morgan fingerprint density at radius 1 is 1.31 bits per heavy atom. The molecular formula is C23H23ClN4O4. The van der Waals surface area contributed by atoms with Gasteiger partial charge in [0.25, 0.3) is 5.89 Å². The summed E-state index contributed by atoms with van der Waals surface area (Å²) in [6.45, 7) is 5.78. The van der Waals surface area contributed by atoms with E-state index in [1.165, 1.54) is 0 Å². The van der Waals surface area contributed by atoms with Crippen LogP contribution in [0.25, 0.3) is 33.7 Å². The molecule has 2 N–H and O–H groups in total. The molecule has 3 heterocycles. The highest BCUT2D eigenvalue weighted by Gasteiger charge is 2.21. The summed E-state index contributed by atoms with van der Waals surface area (Å²) in [5.41, 5.74) is 3.20. The van der Waals surface area contributed by atoms with Crippen LogP contribution < -0.4 is 4.74 Å². The van der Waals surface area contributed by atoms with E-state index in [9.17, 15) is 9.90 Å². The van der Waals surface area contributed by atoms with Crippen molar-refractivity contribution in [3.63, 3.8) is 0 Å². The zero-order valence-electron chi connectivity index (χ0n) is 17.9. The number of carboxylic acids is 1. The smallest absolute Gasteiger partial charge is 0.303 e. The largest absolute Gasteiger partial charge is 0.481 e. The van der Waals surface area contributed by atoms with Gasteiger partial charge < -0.3 is 19.4 Å². The van der Waals surface area contributed by atoms with Gasteiger partial charge in [0.1, 0.15) is 5.02 Å². The molecule has 0 aliphatic carbocycles. The van der Waals surface area contributed by atoms with Crippen molar-refractivity contribution >= 4 is 28.5 Å². The predicted octanol–water partition coefficient (Wildman–Crippen LogP) is 5.69. The van der Waals surface area contributed by atoms with Crippen LogP contribution in [-0.2, 0) is 4.79 Å². The molecule has 8 nitrogen and oxygen atoms in total. The molecule has 0 bridgehead atoms. The van der Waals surface area contributed by atoms with E-state index in [0.29, 0.717) is 22.3 Å². The maximum absolute atomic E-state index is 11.3. The number of ether oxygens (including phenoxy) is 1. The van der Waals surface area contributed by atoms with Crippen LogP contribution in [0.5, 0.6) is 5.88 Å². The van der Waals surface area contributed by atoms with Crippen LogP contribution in [0, 0.1) is 0 Å². The van der Waals surface area contributed by atoms with Crippen molar-refractivity contribution in [3.05, 3.63) is 47.2 Å². The van der Waals surface area contributed by atoms with E-state index < -0.39 is 5.97 Å². The van der Waals surface area contributed by atoms with E-state index in [4.69, 9.17) is 20.9 Å². The number of fused-ring (bicyclic) bond motifs is 1. The number of aromatic amines is 1. The number of carbonyl (C=O) groups is 1. The molecule has 4 rings (SSSR count). The summed E-state index contributed by atoms with van der Waals surface area (Å²) in [6, 6.07) is 7.43. The van der Waals surface area contributed by atoms with Crippen LogP contribution in [0.4, 0.5) is 0 Å². The van der Waals surface area contributed by atoms with Crippen molar-refractivity contribution in [2.45, 2.75) is 45.6 Å². The Kier molecular flexibility index (Phi) is 6.14. The fraction of sp³-hybridized carbons (Fsp3) is 0.304. The van der Waals surface area contributed by atoms with Gasteiger partial charge in [-0.15, -0.1) is 0 Å². The zero-order valence-corrected chi connectivity index (χ0v) is 18.7. The maximum Gasteiger partial charge on any atom is 0.303 e. The van der Waals surface area contributed by atoms with Crippen molar-refractivity contribution in [2.75, 3.05) is 0 Å². The minimum atomic E-state index is -0.819. The lowest BCUT2D eigenvalue weighted by atomic mass is 9.90. The standard InChI is InChI=1S/C23H23ClN4O4/c1-4-13(10-19(29)30)15-5-6-17(16-7-8-25-20(15)16)21-27-22(32-28-21)14-9-18(24)23(26-11-14)31-12(2)3/h5-9,11-13,25H,4,10H2,1-3H3,(H,29,30). The van der Waals surface area contributed by atoms with Gasteiger partial charge in [0.15, 0.2) is 0 Å². The maximum atomic E-state index is 11.3. The molecule has 0 radical (unpaired) electrons. The minimum absolute atomic E-state index is 0.0459. The van der Waals surface area contributed by atoms with Gasteiger partial charge in [0.05, 0.1) is 18.1 Å². The number of nitrogens with one attached hydrogen (secondary N) is 1. The number of hydrogen-bond donors (Lipinski definition) is 2. The number of hydrogen-bond acceptors (Lipinski definition) is 6. The highest BCUT2D eigenvalue weighted by atomic mass is 35.5. The first-order valence-corrected chi connectivity index (χ1v) is 10.7. The average Bonchev–Trinajstić information content (AvgIpc) is 3.42. The highest BCUT2D eigenvalue weighted by molar-refractivity contribution is 6.32. The van der Waals surface area contributed by atoms with Gasteiger partial charge in [0, 0.05) is 28.9 Å². The molecule has 9 heteroatoms. The third kappa shape index (κ3) is 4.31. The highest BCUT2D eigenvalue weighted by Crippen LogP contribution is 2.35. The van der Waals surface area contributed by atoms with Gasteiger partial charge in [-0.3, -0.25) is 4.79 Å². The quantitative estimate of drug-likeness (QED) is 0.351. The minimum Gasteiger partial charge on any atom is -0.481 e. The van der Waals surface area contributed by atoms with Crippen LogP contribution in [0.3, 0.4) is 0 Å². The van der Waals surface area contributed by atoms with Crippen LogP contribution in [0.2, 0.25) is 5.02 Å². The van der Waals surface area contributed by atoms with Crippen LogP contribution in [0.1, 0.15) is 45.1 Å². The lowest BCUT2D eigenvalue weighted by Gasteiger charge is -2.15. The Balaban J connectivity index is 1.69. The number of rotatable bonds is 8. The van der Waals surface area contributed by atoms with E-state index in [1.807, 2.05) is 45.2 Å². The number of aliphatic carboxylic acids is 1. The Labute approximate surface area is 189 Å². The van der Waals surface area contributed by atoms with Crippen molar-refractivity contribution < 1.29 is 19.2 Å². The predicted molar refractivity (Wildman–Crippen MR) is 121 cm³/mol. The molecule has 0 fully saturated rings. The van der Waals surface area contributed by atoms with Crippen LogP contribution in [0.15, 0.2) is 41.2 Å². The number of H-pyrrole nitrogens is 1. The third-order valence-electron chi connectivity index (χ3n) is 5.18. The lowest BCUT2D eigenvalue weighted by Crippen LogP contribution is -2.07. The summed E-state index contributed by atoms with van der Waals surface area (Å²) in [6.07, 6.45) is 4.14. The second-order valence-corrected chi connectivity index (χ2v) is 8.18. The van der Waals surface area contributed by atoms with E-state index in [1.54, 1.807) is 12.3 Å². The number of halogens is 1. The summed E-state index contributed by atoms with van der Waals surface area (Å²) in [5.74, 6) is 0.141. The molecule has 1 aromatic carbocycles. The molecule has 0 amide bonds. The zero-order chi connectivity index (χ0) is 22.8. The number of carboxylic acid groups (broad SMARTS) is 1. The Morgan fingerprint density at radius 2 is 2.12 bits per heavy atom. The fourth-order valence-corrected chi connectivity index (χ4v) is 3.91. The van der Waals surface area contributed by atoms with E-state index in [2.05, 4.69) is 20.1 Å². The van der Waals surface area contributed by atoms with E-state index >= 15 is 0 Å². The van der Waals surface area contributed by atoms with E-state index in [-0.39, 0.29) is 24.3 Å². The third-order valence-corrected chi connectivity index (χ3v) is 5.45. The second kappa shape index (κ2) is 9.00. The Hall–Kier alpha value is -3.39. The van der Waals surface area contributed by atoms with Crippen molar-refractivity contribution in [1.82, 2.24) is 20.1 Å². The van der Waals surface area contributed by atoms with E-state index in [0.717, 1.165) is 28.5 Å². The van der Waals surface area contributed by atoms with Crippen LogP contribution >= 0.6 is 11.6 Å². The molecule has 1 unspecified atom stereocenters. The van der Waals surface area contributed by atoms with Crippen molar-refractivity contribution in [3.8, 4) is 28.7 Å². The first-order valence-electron chi connectivity index (χ1n) is 10.4. The summed E-state index contributed by atoms with van der Waals surface area (Å²) < 4.78 is 11.0. The number of nitrogens with zero attached hydrogens (tertiary/aromatic N) is 3. The molecule has 32 heavy (non-hydrogen) atoms. The summed E-state index contributed by atoms with van der Waals surface area (Å²) in [5, 5.41) is 14.7. The molecule has 3 aromatic heterocycles. The SMILES string of the molecule is CCC(CC(=O)O)c1ccc(-c2noc(-c3cnc(OC(C)C)c(Cl)c3)n2)c2cc[nH]c12. The number of benzene rings is 1. The summed E-state index contributed by atoms with van der Waals surface area (Å²) >= 11 is 6.28. The molecule has 0 aliphatic rings. The number of pyridine rings is 1. The average molecular weight is 455 g/mol. The van der Waals surface area contributed by atoms with Gasteiger partial charge in [-0.2, -0.15) is 4.98 Å². The fourth-order valence-electron chi connectivity index (χ4n) is 3.70. The molecule has 0 saturated heterocycles. The van der Waals surface area contributed by atoms with Crippen LogP contribution in [-0.4, -0.2) is 37.3 Å². The topological polar surface area (TPSA) is 114 Å². The second-order valence-electron chi connectivity index (χ2n) is 7.77. The Morgan fingerprint density at radius 3 is 2.81 bits per heavy atom. The molecule has 0 saturated carbocycles.